The average molecular weight is 500 g/mol. The number of fused-ring (bicyclic) bond motifs is 1. The maximum atomic E-state index is 6.50. The number of nitrogens with zero attached hydrogens (tertiary/aromatic N) is 3. The molecule has 0 bridgehead atoms. The van der Waals surface area contributed by atoms with Gasteiger partial charge in [-0.3, -0.25) is 0 Å². The summed E-state index contributed by atoms with van der Waals surface area (Å²) in [4.78, 5) is 11.8. The first kappa shape index (κ1) is 22.8. The molecule has 1 aliphatic carbocycles. The Hall–Kier alpha value is -2.38. The lowest BCUT2D eigenvalue weighted by Crippen LogP contribution is -2.22. The standard InChI is InChI=1S/C25H30BrN3O3/c1-15-13-20-22(23(21(15)26)32-17(3)18-9-7-6-8-10-18)27-25(31-14-16(2)30-5)28-24(20)29(4)19-11-12-19/h6-10,13,16-17,19H,11-12,14H2,1-5H3. The highest BCUT2D eigenvalue weighted by molar-refractivity contribution is 9.10. The van der Waals surface area contributed by atoms with Crippen molar-refractivity contribution in [3.8, 4) is 11.8 Å². The summed E-state index contributed by atoms with van der Waals surface area (Å²) in [5, 5.41) is 0.961. The van der Waals surface area contributed by atoms with E-state index in [0.717, 1.165) is 32.3 Å². The number of methoxy groups -OCH3 is 1. The first-order valence-electron chi connectivity index (χ1n) is 11.0. The zero-order valence-corrected chi connectivity index (χ0v) is 20.8. The molecule has 0 radical (unpaired) electrons. The van der Waals surface area contributed by atoms with Crippen molar-refractivity contribution in [2.24, 2.45) is 0 Å². The maximum absolute atomic E-state index is 6.50. The molecule has 7 heteroatoms. The molecule has 0 N–H and O–H groups in total. The summed E-state index contributed by atoms with van der Waals surface area (Å²) in [6.07, 6.45) is 2.14. The summed E-state index contributed by atoms with van der Waals surface area (Å²) < 4.78 is 18.6. The lowest BCUT2D eigenvalue weighted by molar-refractivity contribution is 0.0682. The molecule has 0 aliphatic heterocycles. The largest absolute Gasteiger partial charge is 0.483 e. The fourth-order valence-corrected chi connectivity index (χ4v) is 4.01. The van der Waals surface area contributed by atoms with E-state index >= 15 is 0 Å². The van der Waals surface area contributed by atoms with Crippen LogP contribution in [0.15, 0.2) is 40.9 Å². The van der Waals surface area contributed by atoms with Crippen LogP contribution in [0.2, 0.25) is 0 Å². The van der Waals surface area contributed by atoms with Gasteiger partial charge < -0.3 is 19.1 Å². The van der Waals surface area contributed by atoms with Crippen LogP contribution in [-0.4, -0.2) is 42.9 Å². The molecule has 170 valence electrons. The minimum Gasteiger partial charge on any atom is -0.483 e. The minimum absolute atomic E-state index is 0.0579. The van der Waals surface area contributed by atoms with E-state index in [1.54, 1.807) is 7.11 Å². The summed E-state index contributed by atoms with van der Waals surface area (Å²) in [6, 6.07) is 13.1. The second kappa shape index (κ2) is 9.63. The Morgan fingerprint density at radius 2 is 1.88 bits per heavy atom. The number of halogens is 1. The molecule has 1 heterocycles. The fourth-order valence-electron chi connectivity index (χ4n) is 3.61. The van der Waals surface area contributed by atoms with Crippen molar-refractivity contribution in [3.63, 3.8) is 0 Å². The van der Waals surface area contributed by atoms with Crippen LogP contribution in [0.5, 0.6) is 11.8 Å². The topological polar surface area (TPSA) is 56.7 Å². The van der Waals surface area contributed by atoms with E-state index in [4.69, 9.17) is 24.2 Å². The highest BCUT2D eigenvalue weighted by Gasteiger charge is 2.30. The number of benzene rings is 2. The Kier molecular flexibility index (Phi) is 6.86. The molecule has 32 heavy (non-hydrogen) atoms. The second-order valence-electron chi connectivity index (χ2n) is 8.43. The number of anilines is 1. The molecular formula is C25H30BrN3O3. The Morgan fingerprint density at radius 1 is 1.16 bits per heavy atom. The van der Waals surface area contributed by atoms with E-state index in [0.29, 0.717) is 24.4 Å². The normalized spacial score (nSPS) is 15.4. The predicted molar refractivity (Wildman–Crippen MR) is 131 cm³/mol. The SMILES string of the molecule is COC(C)COc1nc(N(C)C2CC2)c2cc(C)c(Br)c(OC(C)c3ccccc3)c2n1. The third-order valence-electron chi connectivity index (χ3n) is 5.87. The number of aryl methyl sites for hydroxylation is 1. The van der Waals surface area contributed by atoms with Crippen LogP contribution in [0.1, 0.15) is 43.9 Å². The van der Waals surface area contributed by atoms with Crippen LogP contribution in [0, 0.1) is 6.92 Å². The number of hydrogen-bond acceptors (Lipinski definition) is 6. The van der Waals surface area contributed by atoms with E-state index in [9.17, 15) is 0 Å². The molecule has 4 rings (SSSR count). The number of ether oxygens (including phenoxy) is 3. The Balaban J connectivity index is 1.82. The average Bonchev–Trinajstić information content (AvgIpc) is 3.65. The van der Waals surface area contributed by atoms with Crippen LogP contribution >= 0.6 is 15.9 Å². The smallest absolute Gasteiger partial charge is 0.319 e. The fraction of sp³-hybridized carbons (Fsp3) is 0.440. The molecule has 0 spiro atoms. The van der Waals surface area contributed by atoms with Gasteiger partial charge in [-0.25, -0.2) is 0 Å². The van der Waals surface area contributed by atoms with E-state index in [1.807, 2.05) is 32.0 Å². The van der Waals surface area contributed by atoms with E-state index in [2.05, 4.69) is 53.0 Å². The van der Waals surface area contributed by atoms with Gasteiger partial charge in [0, 0.05) is 25.6 Å². The molecule has 2 aromatic carbocycles. The summed E-state index contributed by atoms with van der Waals surface area (Å²) in [5.41, 5.74) is 2.91. The number of rotatable bonds is 9. The molecule has 1 fully saturated rings. The van der Waals surface area contributed by atoms with Gasteiger partial charge in [0.15, 0.2) is 5.75 Å². The van der Waals surface area contributed by atoms with Crippen LogP contribution in [0.4, 0.5) is 5.82 Å². The third-order valence-corrected chi connectivity index (χ3v) is 6.85. The molecule has 2 atom stereocenters. The number of aromatic nitrogens is 2. The van der Waals surface area contributed by atoms with Crippen molar-refractivity contribution in [1.29, 1.82) is 0 Å². The van der Waals surface area contributed by atoms with Gasteiger partial charge in [0.2, 0.25) is 0 Å². The van der Waals surface area contributed by atoms with Crippen molar-refractivity contribution in [2.75, 3.05) is 25.7 Å². The van der Waals surface area contributed by atoms with Gasteiger partial charge in [-0.05, 0) is 66.7 Å². The third kappa shape index (κ3) is 4.84. The lowest BCUT2D eigenvalue weighted by Gasteiger charge is -2.23. The van der Waals surface area contributed by atoms with Crippen molar-refractivity contribution in [3.05, 3.63) is 52.0 Å². The van der Waals surface area contributed by atoms with E-state index in [1.165, 1.54) is 12.8 Å². The predicted octanol–water partition coefficient (Wildman–Crippen LogP) is 5.85. The Labute approximate surface area is 198 Å². The van der Waals surface area contributed by atoms with Crippen molar-refractivity contribution < 1.29 is 14.2 Å². The van der Waals surface area contributed by atoms with Crippen molar-refractivity contribution >= 4 is 32.7 Å². The van der Waals surface area contributed by atoms with E-state index < -0.39 is 0 Å². The molecule has 6 nitrogen and oxygen atoms in total. The van der Waals surface area contributed by atoms with Gasteiger partial charge in [0.25, 0.3) is 0 Å². The minimum atomic E-state index is -0.144. The van der Waals surface area contributed by atoms with Gasteiger partial charge in [-0.1, -0.05) is 30.3 Å². The quantitative estimate of drug-likeness (QED) is 0.367. The highest BCUT2D eigenvalue weighted by Crippen LogP contribution is 2.42. The zero-order chi connectivity index (χ0) is 22.8. The molecule has 0 saturated heterocycles. The summed E-state index contributed by atoms with van der Waals surface area (Å²) in [7, 11) is 3.75. The summed E-state index contributed by atoms with van der Waals surface area (Å²) >= 11 is 3.74. The van der Waals surface area contributed by atoms with Gasteiger partial charge >= 0.3 is 6.01 Å². The van der Waals surface area contributed by atoms with Gasteiger partial charge in [0.1, 0.15) is 24.0 Å². The maximum Gasteiger partial charge on any atom is 0.319 e. The zero-order valence-electron chi connectivity index (χ0n) is 19.3. The van der Waals surface area contributed by atoms with Gasteiger partial charge in [-0.15, -0.1) is 0 Å². The molecule has 0 amide bonds. The van der Waals surface area contributed by atoms with Crippen LogP contribution in [0.3, 0.4) is 0 Å². The van der Waals surface area contributed by atoms with Crippen LogP contribution in [0.25, 0.3) is 10.9 Å². The molecular weight excluding hydrogens is 470 g/mol. The Bertz CT molecular complexity index is 1090. The molecule has 1 aromatic heterocycles. The lowest BCUT2D eigenvalue weighted by atomic mass is 10.1. The first-order chi connectivity index (χ1) is 15.4. The van der Waals surface area contributed by atoms with Gasteiger partial charge in [0.05, 0.1) is 10.6 Å². The monoisotopic (exact) mass is 499 g/mol. The highest BCUT2D eigenvalue weighted by atomic mass is 79.9. The van der Waals surface area contributed by atoms with Crippen molar-refractivity contribution in [2.45, 2.75) is 51.9 Å². The molecule has 1 aliphatic rings. The number of hydrogen-bond donors (Lipinski definition) is 0. The van der Waals surface area contributed by atoms with Crippen molar-refractivity contribution in [1.82, 2.24) is 9.97 Å². The second-order valence-corrected chi connectivity index (χ2v) is 9.23. The summed E-state index contributed by atoms with van der Waals surface area (Å²) in [6.45, 7) is 6.44. The van der Waals surface area contributed by atoms with Gasteiger partial charge in [-0.2, -0.15) is 9.97 Å². The van der Waals surface area contributed by atoms with Crippen LogP contribution < -0.4 is 14.4 Å². The molecule has 1 saturated carbocycles. The first-order valence-corrected chi connectivity index (χ1v) is 11.8. The van der Waals surface area contributed by atoms with E-state index in [-0.39, 0.29) is 12.2 Å². The summed E-state index contributed by atoms with van der Waals surface area (Å²) in [5.74, 6) is 1.57. The Morgan fingerprint density at radius 3 is 2.53 bits per heavy atom. The molecule has 3 aromatic rings. The van der Waals surface area contributed by atoms with Crippen LogP contribution in [-0.2, 0) is 4.74 Å². The molecule has 2 unspecified atom stereocenters.